The van der Waals surface area contributed by atoms with Crippen LogP contribution in [0.15, 0.2) is 5.38 Å². The highest BCUT2D eigenvalue weighted by atomic mass is 32.1. The van der Waals surface area contributed by atoms with E-state index < -0.39 is 0 Å². The molecule has 0 unspecified atom stereocenters. The van der Waals surface area contributed by atoms with Gasteiger partial charge in [0.1, 0.15) is 0 Å². The number of hydrogen-bond acceptors (Lipinski definition) is 2. The van der Waals surface area contributed by atoms with Gasteiger partial charge in [0.05, 0.1) is 10.7 Å². The molecule has 15 heavy (non-hydrogen) atoms. The van der Waals surface area contributed by atoms with Gasteiger partial charge in [-0.15, -0.1) is 11.3 Å². The SMILES string of the molecule is CC(C)c1csc(C2CCCCCC2)n1. The fourth-order valence-corrected chi connectivity index (χ4v) is 3.43. The van der Waals surface area contributed by atoms with Crippen LogP contribution in [0.1, 0.15) is 74.9 Å². The molecule has 84 valence electrons. The summed E-state index contributed by atoms with van der Waals surface area (Å²) >= 11 is 1.88. The molecule has 2 heteroatoms. The Hall–Kier alpha value is -0.370. The van der Waals surface area contributed by atoms with Crippen LogP contribution in [0, 0.1) is 0 Å². The summed E-state index contributed by atoms with van der Waals surface area (Å²) in [4.78, 5) is 4.79. The van der Waals surface area contributed by atoms with Gasteiger partial charge in [0.15, 0.2) is 0 Å². The quantitative estimate of drug-likeness (QED) is 0.662. The van der Waals surface area contributed by atoms with Crippen LogP contribution in [0.3, 0.4) is 0 Å². The van der Waals surface area contributed by atoms with Gasteiger partial charge in [-0.25, -0.2) is 4.98 Å². The summed E-state index contributed by atoms with van der Waals surface area (Å²) in [6.45, 7) is 4.46. The summed E-state index contributed by atoms with van der Waals surface area (Å²) < 4.78 is 0. The average molecular weight is 223 g/mol. The fraction of sp³-hybridized carbons (Fsp3) is 0.769. The van der Waals surface area contributed by atoms with E-state index in [1.54, 1.807) is 0 Å². The molecule has 0 spiro atoms. The Balaban J connectivity index is 2.06. The minimum absolute atomic E-state index is 0.584. The van der Waals surface area contributed by atoms with Gasteiger partial charge in [-0.1, -0.05) is 39.5 Å². The summed E-state index contributed by atoms with van der Waals surface area (Å²) in [5.74, 6) is 1.35. The third-order valence-corrected chi connectivity index (χ3v) is 4.36. The lowest BCUT2D eigenvalue weighted by Crippen LogP contribution is -1.97. The Morgan fingerprint density at radius 2 is 1.87 bits per heavy atom. The van der Waals surface area contributed by atoms with Gasteiger partial charge in [-0.05, 0) is 18.8 Å². The Morgan fingerprint density at radius 1 is 1.20 bits per heavy atom. The molecule has 2 rings (SSSR count). The molecule has 1 aliphatic carbocycles. The first-order valence-electron chi connectivity index (χ1n) is 6.22. The Labute approximate surface area is 96.9 Å². The van der Waals surface area contributed by atoms with Crippen molar-refractivity contribution in [1.82, 2.24) is 4.98 Å². The molecule has 1 fully saturated rings. The number of nitrogens with zero attached hydrogens (tertiary/aromatic N) is 1. The van der Waals surface area contributed by atoms with Crippen LogP contribution in [0.4, 0.5) is 0 Å². The van der Waals surface area contributed by atoms with E-state index in [0.29, 0.717) is 5.92 Å². The van der Waals surface area contributed by atoms with Crippen LogP contribution in [-0.4, -0.2) is 4.98 Å². The van der Waals surface area contributed by atoms with Gasteiger partial charge in [-0.2, -0.15) is 0 Å². The molecule has 0 N–H and O–H groups in total. The van der Waals surface area contributed by atoms with Crippen molar-refractivity contribution in [2.24, 2.45) is 0 Å². The molecule has 1 nitrogen and oxygen atoms in total. The second kappa shape index (κ2) is 5.11. The normalized spacial score (nSPS) is 19.4. The van der Waals surface area contributed by atoms with Crippen LogP contribution in [0.5, 0.6) is 0 Å². The Morgan fingerprint density at radius 3 is 2.40 bits per heavy atom. The highest BCUT2D eigenvalue weighted by molar-refractivity contribution is 7.09. The molecule has 1 aromatic heterocycles. The molecule has 0 saturated heterocycles. The van der Waals surface area contributed by atoms with Crippen molar-refractivity contribution in [2.45, 2.75) is 64.2 Å². The lowest BCUT2D eigenvalue weighted by Gasteiger charge is -2.09. The third kappa shape index (κ3) is 2.81. The predicted octanol–water partition coefficient (Wildman–Crippen LogP) is 4.70. The Kier molecular flexibility index (Phi) is 3.79. The molecule has 1 aromatic rings. The number of thiazole rings is 1. The molecule has 1 aliphatic rings. The molecule has 0 atom stereocenters. The zero-order valence-corrected chi connectivity index (χ0v) is 10.6. The van der Waals surface area contributed by atoms with E-state index in [4.69, 9.17) is 4.98 Å². The molecular formula is C13H21NS. The molecular weight excluding hydrogens is 202 g/mol. The molecule has 1 heterocycles. The summed E-state index contributed by atoms with van der Waals surface area (Å²) in [7, 11) is 0. The second-order valence-corrected chi connectivity index (χ2v) is 5.84. The van der Waals surface area contributed by atoms with Gasteiger partial charge in [0.2, 0.25) is 0 Å². The van der Waals surface area contributed by atoms with Crippen molar-refractivity contribution < 1.29 is 0 Å². The van der Waals surface area contributed by atoms with Crippen LogP contribution < -0.4 is 0 Å². The molecule has 0 bridgehead atoms. The minimum Gasteiger partial charge on any atom is -0.246 e. The summed E-state index contributed by atoms with van der Waals surface area (Å²) in [5, 5.41) is 3.66. The molecule has 0 amide bonds. The molecule has 1 saturated carbocycles. The van der Waals surface area contributed by atoms with Crippen molar-refractivity contribution >= 4 is 11.3 Å². The predicted molar refractivity (Wildman–Crippen MR) is 66.6 cm³/mol. The zero-order valence-electron chi connectivity index (χ0n) is 9.83. The van der Waals surface area contributed by atoms with E-state index in [0.717, 1.165) is 5.92 Å². The van der Waals surface area contributed by atoms with E-state index in [2.05, 4.69) is 19.2 Å². The van der Waals surface area contributed by atoms with Crippen molar-refractivity contribution in [3.05, 3.63) is 16.1 Å². The lowest BCUT2D eigenvalue weighted by molar-refractivity contribution is 0.586. The largest absolute Gasteiger partial charge is 0.246 e. The topological polar surface area (TPSA) is 12.9 Å². The van der Waals surface area contributed by atoms with Gasteiger partial charge < -0.3 is 0 Å². The van der Waals surface area contributed by atoms with Gasteiger partial charge in [0, 0.05) is 11.3 Å². The van der Waals surface area contributed by atoms with E-state index in [-0.39, 0.29) is 0 Å². The van der Waals surface area contributed by atoms with Crippen molar-refractivity contribution in [1.29, 1.82) is 0 Å². The van der Waals surface area contributed by atoms with E-state index >= 15 is 0 Å². The van der Waals surface area contributed by atoms with Crippen LogP contribution in [0.25, 0.3) is 0 Å². The van der Waals surface area contributed by atoms with Crippen molar-refractivity contribution in [3.8, 4) is 0 Å². The first kappa shape index (κ1) is 11.1. The monoisotopic (exact) mass is 223 g/mol. The molecule has 0 radical (unpaired) electrons. The second-order valence-electron chi connectivity index (χ2n) is 4.95. The Bertz CT molecular complexity index is 295. The van der Waals surface area contributed by atoms with Gasteiger partial charge >= 0.3 is 0 Å². The summed E-state index contributed by atoms with van der Waals surface area (Å²) in [5.41, 5.74) is 1.29. The van der Waals surface area contributed by atoms with E-state index in [1.165, 1.54) is 49.2 Å². The fourth-order valence-electron chi connectivity index (χ4n) is 2.28. The van der Waals surface area contributed by atoms with Crippen molar-refractivity contribution in [2.75, 3.05) is 0 Å². The smallest absolute Gasteiger partial charge is 0.0959 e. The highest BCUT2D eigenvalue weighted by Gasteiger charge is 2.18. The maximum absolute atomic E-state index is 4.79. The first-order valence-corrected chi connectivity index (χ1v) is 7.10. The van der Waals surface area contributed by atoms with Gasteiger partial charge in [-0.3, -0.25) is 0 Å². The first-order chi connectivity index (χ1) is 7.27. The van der Waals surface area contributed by atoms with E-state index in [1.807, 2.05) is 11.3 Å². The number of rotatable bonds is 2. The van der Waals surface area contributed by atoms with Crippen molar-refractivity contribution in [3.63, 3.8) is 0 Å². The standard InChI is InChI=1S/C13H21NS/c1-10(2)12-9-15-13(14-12)11-7-5-3-4-6-8-11/h9-11H,3-8H2,1-2H3. The maximum atomic E-state index is 4.79. The van der Waals surface area contributed by atoms with E-state index in [9.17, 15) is 0 Å². The molecule has 0 aliphatic heterocycles. The lowest BCUT2D eigenvalue weighted by atomic mass is 10.0. The average Bonchev–Trinajstić information content (AvgIpc) is 2.55. The number of hydrogen-bond donors (Lipinski definition) is 0. The third-order valence-electron chi connectivity index (χ3n) is 3.34. The van der Waals surface area contributed by atoms with Crippen LogP contribution >= 0.6 is 11.3 Å². The maximum Gasteiger partial charge on any atom is 0.0959 e. The van der Waals surface area contributed by atoms with Crippen LogP contribution in [-0.2, 0) is 0 Å². The van der Waals surface area contributed by atoms with Gasteiger partial charge in [0.25, 0.3) is 0 Å². The van der Waals surface area contributed by atoms with Crippen LogP contribution in [0.2, 0.25) is 0 Å². The summed E-state index contributed by atoms with van der Waals surface area (Å²) in [6, 6.07) is 0. The number of aromatic nitrogens is 1. The highest BCUT2D eigenvalue weighted by Crippen LogP contribution is 2.34. The summed E-state index contributed by atoms with van der Waals surface area (Å²) in [6.07, 6.45) is 8.40. The minimum atomic E-state index is 0.584. The molecule has 0 aromatic carbocycles. The zero-order chi connectivity index (χ0) is 10.7.